The van der Waals surface area contributed by atoms with E-state index in [1.165, 1.54) is 4.90 Å². The molecule has 5 nitrogen and oxygen atoms in total. The van der Waals surface area contributed by atoms with Crippen molar-refractivity contribution in [1.29, 1.82) is 0 Å². The van der Waals surface area contributed by atoms with Gasteiger partial charge in [-0.05, 0) is 20.8 Å². The molecule has 0 saturated carbocycles. The van der Waals surface area contributed by atoms with Crippen LogP contribution in [0.1, 0.15) is 27.7 Å². The number of nitrogens with zero attached hydrogens (tertiary/aromatic N) is 1. The van der Waals surface area contributed by atoms with E-state index in [1.807, 2.05) is 13.8 Å². The van der Waals surface area contributed by atoms with Crippen LogP contribution in [0.4, 0.5) is 4.79 Å². The van der Waals surface area contributed by atoms with Gasteiger partial charge in [0.15, 0.2) is 0 Å². The van der Waals surface area contributed by atoms with Crippen LogP contribution in [0.2, 0.25) is 0 Å². The number of carbonyl (C=O) groups excluding carboxylic acids is 1. The summed E-state index contributed by atoms with van der Waals surface area (Å²) in [7, 11) is -3.23. The molecule has 90 valence electrons. The highest BCUT2D eigenvalue weighted by Gasteiger charge is 2.27. The fourth-order valence-corrected chi connectivity index (χ4v) is 2.15. The van der Waals surface area contributed by atoms with Crippen molar-refractivity contribution < 1.29 is 18.4 Å². The number of hydrogen-bond donors (Lipinski definition) is 0. The molecule has 0 aliphatic rings. The molecule has 0 heterocycles. The van der Waals surface area contributed by atoms with E-state index < -0.39 is 13.7 Å². The quantitative estimate of drug-likeness (QED) is 0.666. The summed E-state index contributed by atoms with van der Waals surface area (Å²) in [6.07, 6.45) is -0.368. The standard InChI is InChI=1S/C9H20NO4P/c1-5-10(6-2)9(11)14-15(12,8-4)13-7-3/h5-8H2,1-4H3/t15-/m1/s1. The van der Waals surface area contributed by atoms with Gasteiger partial charge >= 0.3 is 13.7 Å². The molecule has 0 aliphatic heterocycles. The van der Waals surface area contributed by atoms with Crippen LogP contribution in [0, 0.1) is 0 Å². The molecule has 15 heavy (non-hydrogen) atoms. The van der Waals surface area contributed by atoms with Gasteiger partial charge in [-0.15, -0.1) is 0 Å². The summed E-state index contributed by atoms with van der Waals surface area (Å²) in [5.74, 6) is 0. The lowest BCUT2D eigenvalue weighted by atomic mass is 10.6. The molecule has 1 amide bonds. The van der Waals surface area contributed by atoms with Crippen molar-refractivity contribution in [2.45, 2.75) is 27.7 Å². The van der Waals surface area contributed by atoms with E-state index in [9.17, 15) is 9.36 Å². The first-order valence-corrected chi connectivity index (χ1v) is 6.97. The van der Waals surface area contributed by atoms with Gasteiger partial charge in [-0.1, -0.05) is 6.92 Å². The largest absolute Gasteiger partial charge is 0.416 e. The number of hydrogen-bond acceptors (Lipinski definition) is 4. The molecule has 0 unspecified atom stereocenters. The van der Waals surface area contributed by atoms with Crippen molar-refractivity contribution >= 4 is 13.7 Å². The highest BCUT2D eigenvalue weighted by atomic mass is 31.2. The average molecular weight is 237 g/mol. The predicted octanol–water partition coefficient (Wildman–Crippen LogP) is 2.71. The summed E-state index contributed by atoms with van der Waals surface area (Å²) in [6, 6.07) is 0. The van der Waals surface area contributed by atoms with E-state index in [4.69, 9.17) is 9.05 Å². The lowest BCUT2D eigenvalue weighted by molar-refractivity contribution is 0.144. The molecular formula is C9H20NO4P. The molecule has 0 aromatic heterocycles. The molecule has 0 spiro atoms. The van der Waals surface area contributed by atoms with Crippen LogP contribution in [-0.4, -0.2) is 36.9 Å². The monoisotopic (exact) mass is 237 g/mol. The number of amides is 1. The minimum absolute atomic E-state index is 0.202. The Morgan fingerprint density at radius 3 is 2.07 bits per heavy atom. The Bertz CT molecular complexity index is 240. The maximum Gasteiger partial charge on any atom is 0.416 e. The Morgan fingerprint density at radius 1 is 1.20 bits per heavy atom. The summed E-state index contributed by atoms with van der Waals surface area (Å²) in [4.78, 5) is 13.0. The molecule has 0 rings (SSSR count). The van der Waals surface area contributed by atoms with E-state index in [0.29, 0.717) is 13.1 Å². The Balaban J connectivity index is 4.41. The molecular weight excluding hydrogens is 217 g/mol. The second-order valence-corrected chi connectivity index (χ2v) is 5.17. The minimum Gasteiger partial charge on any atom is -0.375 e. The zero-order chi connectivity index (χ0) is 11.9. The van der Waals surface area contributed by atoms with Crippen LogP contribution >= 0.6 is 7.60 Å². The minimum atomic E-state index is -3.23. The number of carbonyl (C=O) groups is 1. The second kappa shape index (κ2) is 6.85. The summed E-state index contributed by atoms with van der Waals surface area (Å²) in [6.45, 7) is 8.40. The van der Waals surface area contributed by atoms with Crippen LogP contribution in [0.25, 0.3) is 0 Å². The van der Waals surface area contributed by atoms with Crippen LogP contribution < -0.4 is 0 Å². The van der Waals surface area contributed by atoms with Crippen molar-refractivity contribution in [2.75, 3.05) is 25.9 Å². The van der Waals surface area contributed by atoms with E-state index in [0.717, 1.165) is 0 Å². The molecule has 0 fully saturated rings. The van der Waals surface area contributed by atoms with Gasteiger partial charge in [-0.3, -0.25) is 4.52 Å². The Kier molecular flexibility index (Phi) is 6.61. The first-order valence-electron chi connectivity index (χ1n) is 5.25. The predicted molar refractivity (Wildman–Crippen MR) is 59.2 cm³/mol. The second-order valence-electron chi connectivity index (χ2n) is 2.87. The highest BCUT2D eigenvalue weighted by molar-refractivity contribution is 7.54. The highest BCUT2D eigenvalue weighted by Crippen LogP contribution is 2.47. The first kappa shape index (κ1) is 14.5. The van der Waals surface area contributed by atoms with Gasteiger partial charge in [-0.2, -0.15) is 0 Å². The van der Waals surface area contributed by atoms with E-state index in [2.05, 4.69) is 0 Å². The van der Waals surface area contributed by atoms with Gasteiger partial charge in [0.2, 0.25) is 0 Å². The molecule has 1 atom stereocenters. The van der Waals surface area contributed by atoms with Gasteiger partial charge in [0.25, 0.3) is 0 Å². The first-order chi connectivity index (χ1) is 7.02. The zero-order valence-corrected chi connectivity index (χ0v) is 10.8. The van der Waals surface area contributed by atoms with Gasteiger partial charge in [0, 0.05) is 13.1 Å². The maximum atomic E-state index is 11.8. The zero-order valence-electron chi connectivity index (χ0n) is 9.86. The Hall–Kier alpha value is -0.540. The van der Waals surface area contributed by atoms with Crippen molar-refractivity contribution in [2.24, 2.45) is 0 Å². The molecule has 0 aliphatic carbocycles. The van der Waals surface area contributed by atoms with Gasteiger partial charge in [0.1, 0.15) is 0 Å². The molecule has 6 heteroatoms. The van der Waals surface area contributed by atoms with Gasteiger partial charge in [-0.25, -0.2) is 9.36 Å². The summed E-state index contributed by atoms with van der Waals surface area (Å²) in [5, 5.41) is 0. The third-order valence-corrected chi connectivity index (χ3v) is 3.81. The van der Waals surface area contributed by atoms with Crippen LogP contribution in [0.3, 0.4) is 0 Å². The third kappa shape index (κ3) is 4.67. The Labute approximate surface area is 91.3 Å². The van der Waals surface area contributed by atoms with Crippen molar-refractivity contribution in [3.63, 3.8) is 0 Å². The van der Waals surface area contributed by atoms with Crippen LogP contribution in [-0.2, 0) is 13.6 Å². The van der Waals surface area contributed by atoms with E-state index in [1.54, 1.807) is 13.8 Å². The fraction of sp³-hybridized carbons (Fsp3) is 0.889. The molecule has 0 radical (unpaired) electrons. The Morgan fingerprint density at radius 2 is 1.73 bits per heavy atom. The van der Waals surface area contributed by atoms with Crippen molar-refractivity contribution in [1.82, 2.24) is 4.90 Å². The van der Waals surface area contributed by atoms with E-state index >= 15 is 0 Å². The normalized spacial score (nSPS) is 14.4. The molecule has 0 N–H and O–H groups in total. The molecule has 0 aromatic carbocycles. The van der Waals surface area contributed by atoms with E-state index in [-0.39, 0.29) is 12.8 Å². The van der Waals surface area contributed by atoms with Crippen LogP contribution in [0.15, 0.2) is 0 Å². The van der Waals surface area contributed by atoms with Crippen LogP contribution in [0.5, 0.6) is 0 Å². The van der Waals surface area contributed by atoms with Crippen molar-refractivity contribution in [3.8, 4) is 0 Å². The smallest absolute Gasteiger partial charge is 0.375 e. The third-order valence-electron chi connectivity index (χ3n) is 1.95. The van der Waals surface area contributed by atoms with Gasteiger partial charge < -0.3 is 9.42 Å². The molecule has 0 bridgehead atoms. The van der Waals surface area contributed by atoms with Gasteiger partial charge in [0.05, 0.1) is 12.8 Å². The molecule has 0 saturated heterocycles. The maximum absolute atomic E-state index is 11.8. The SMILES string of the molecule is CCO[P@](=O)(CC)OC(=O)N(CC)CC. The van der Waals surface area contributed by atoms with Crippen molar-refractivity contribution in [3.05, 3.63) is 0 Å². The molecule has 0 aromatic rings. The topological polar surface area (TPSA) is 55.8 Å². The average Bonchev–Trinajstić information content (AvgIpc) is 2.20. The lowest BCUT2D eigenvalue weighted by Gasteiger charge is -2.22. The number of rotatable bonds is 6. The lowest BCUT2D eigenvalue weighted by Crippen LogP contribution is -2.30. The summed E-state index contributed by atoms with van der Waals surface area (Å²) >= 11 is 0. The summed E-state index contributed by atoms with van der Waals surface area (Å²) in [5.41, 5.74) is 0. The summed E-state index contributed by atoms with van der Waals surface area (Å²) < 4.78 is 21.7. The fourth-order valence-electron chi connectivity index (χ4n) is 1.04.